The minimum absolute atomic E-state index is 0.217. The van der Waals surface area contributed by atoms with Gasteiger partial charge in [0.15, 0.2) is 0 Å². The molecule has 2 aromatic rings. The average molecular weight is 328 g/mol. The Labute approximate surface area is 142 Å². The van der Waals surface area contributed by atoms with Crippen LogP contribution in [0.1, 0.15) is 31.6 Å². The number of hydrogen-bond donors (Lipinski definition) is 1. The van der Waals surface area contributed by atoms with Gasteiger partial charge in [-0.1, -0.05) is 6.07 Å². The van der Waals surface area contributed by atoms with Crippen molar-refractivity contribution in [1.29, 1.82) is 0 Å². The van der Waals surface area contributed by atoms with Crippen molar-refractivity contribution < 1.29 is 14.6 Å². The number of aromatic nitrogens is 1. The van der Waals surface area contributed by atoms with Crippen LogP contribution in [-0.2, 0) is 0 Å². The molecular formula is C19H24N2O3. The van der Waals surface area contributed by atoms with Crippen LogP contribution in [0.2, 0.25) is 0 Å². The number of nitrogens with zero attached hydrogens (tertiary/aromatic N) is 2. The third kappa shape index (κ3) is 3.97. The third-order valence-corrected chi connectivity index (χ3v) is 4.31. The molecule has 1 N–H and O–H groups in total. The van der Waals surface area contributed by atoms with E-state index in [1.165, 1.54) is 0 Å². The zero-order valence-electron chi connectivity index (χ0n) is 14.2. The summed E-state index contributed by atoms with van der Waals surface area (Å²) in [6.07, 6.45) is 1.58. The normalized spacial score (nSPS) is 16.7. The van der Waals surface area contributed by atoms with Crippen molar-refractivity contribution in [1.82, 2.24) is 4.98 Å². The van der Waals surface area contributed by atoms with Crippen LogP contribution < -0.4 is 14.4 Å². The second kappa shape index (κ2) is 7.53. The van der Waals surface area contributed by atoms with E-state index >= 15 is 0 Å². The minimum Gasteiger partial charge on any atom is -0.497 e. The van der Waals surface area contributed by atoms with E-state index in [0.29, 0.717) is 5.69 Å². The van der Waals surface area contributed by atoms with Crippen molar-refractivity contribution in [2.45, 2.75) is 32.0 Å². The van der Waals surface area contributed by atoms with Crippen LogP contribution in [0.5, 0.6) is 11.5 Å². The van der Waals surface area contributed by atoms with Crippen molar-refractivity contribution in [3.8, 4) is 11.5 Å². The molecule has 5 nitrogen and oxygen atoms in total. The summed E-state index contributed by atoms with van der Waals surface area (Å²) in [5.41, 5.74) is 0.712. The van der Waals surface area contributed by atoms with Crippen molar-refractivity contribution in [3.05, 3.63) is 48.2 Å². The zero-order valence-corrected chi connectivity index (χ0v) is 14.2. The van der Waals surface area contributed by atoms with Gasteiger partial charge >= 0.3 is 0 Å². The summed E-state index contributed by atoms with van der Waals surface area (Å²) >= 11 is 0. The van der Waals surface area contributed by atoms with E-state index < -0.39 is 6.10 Å². The Kier molecular flexibility index (Phi) is 5.20. The molecule has 2 heterocycles. The summed E-state index contributed by atoms with van der Waals surface area (Å²) in [7, 11) is 1.66. The largest absolute Gasteiger partial charge is 0.497 e. The van der Waals surface area contributed by atoms with Crippen LogP contribution >= 0.6 is 0 Å². The number of ether oxygens (including phenoxy) is 2. The highest BCUT2D eigenvalue weighted by Gasteiger charge is 2.22. The number of aliphatic hydroxyl groups excluding tert-OH is 1. The Morgan fingerprint density at radius 1 is 1.08 bits per heavy atom. The van der Waals surface area contributed by atoms with E-state index in [4.69, 9.17) is 9.47 Å². The van der Waals surface area contributed by atoms with Crippen LogP contribution in [0.3, 0.4) is 0 Å². The van der Waals surface area contributed by atoms with Crippen molar-refractivity contribution in [2.24, 2.45) is 0 Å². The van der Waals surface area contributed by atoms with Gasteiger partial charge < -0.3 is 19.5 Å². The molecule has 5 heteroatoms. The first-order chi connectivity index (χ1) is 11.7. The van der Waals surface area contributed by atoms with Gasteiger partial charge in [0.2, 0.25) is 0 Å². The Morgan fingerprint density at radius 2 is 1.75 bits per heavy atom. The first-order valence-electron chi connectivity index (χ1n) is 8.36. The average Bonchev–Trinajstić information content (AvgIpc) is 2.63. The first-order valence-corrected chi connectivity index (χ1v) is 8.36. The molecule has 0 bridgehead atoms. The maximum absolute atomic E-state index is 9.68. The number of anilines is 1. The Hall–Kier alpha value is -2.27. The first kappa shape index (κ1) is 16.6. The Morgan fingerprint density at radius 3 is 2.38 bits per heavy atom. The maximum atomic E-state index is 9.68. The SMILES string of the molecule is COc1ccc(OC2CCN(c3cccc(C(C)O)n3)CC2)cc1. The highest BCUT2D eigenvalue weighted by atomic mass is 16.5. The number of rotatable bonds is 5. The second-order valence-corrected chi connectivity index (χ2v) is 6.08. The van der Waals surface area contributed by atoms with Gasteiger partial charge in [0.25, 0.3) is 0 Å². The Bertz CT molecular complexity index is 650. The molecule has 1 aliphatic rings. The van der Waals surface area contributed by atoms with Crippen molar-refractivity contribution in [2.75, 3.05) is 25.1 Å². The molecule has 1 aromatic heterocycles. The van der Waals surface area contributed by atoms with Gasteiger partial charge in [-0.2, -0.15) is 0 Å². The summed E-state index contributed by atoms with van der Waals surface area (Å²) in [6, 6.07) is 13.5. The molecule has 1 fully saturated rings. The van der Waals surface area contributed by atoms with Crippen molar-refractivity contribution >= 4 is 5.82 Å². The highest BCUT2D eigenvalue weighted by molar-refractivity contribution is 5.40. The highest BCUT2D eigenvalue weighted by Crippen LogP contribution is 2.24. The van der Waals surface area contributed by atoms with E-state index in [0.717, 1.165) is 43.2 Å². The number of methoxy groups -OCH3 is 1. The Balaban J connectivity index is 1.56. The molecule has 1 saturated heterocycles. The van der Waals surface area contributed by atoms with Gasteiger partial charge in [-0.25, -0.2) is 4.98 Å². The summed E-state index contributed by atoms with van der Waals surface area (Å²) in [5.74, 6) is 2.64. The number of pyridine rings is 1. The lowest BCUT2D eigenvalue weighted by atomic mass is 10.1. The van der Waals surface area contributed by atoms with Crippen LogP contribution in [0.15, 0.2) is 42.5 Å². The van der Waals surface area contributed by atoms with E-state index in [-0.39, 0.29) is 6.10 Å². The van der Waals surface area contributed by atoms with E-state index in [2.05, 4.69) is 9.88 Å². The standard InChI is InChI=1S/C19H24N2O3/c1-14(22)18-4-3-5-19(20-18)21-12-10-17(11-13-21)24-16-8-6-15(23-2)7-9-16/h3-9,14,17,22H,10-13H2,1-2H3. The summed E-state index contributed by atoms with van der Waals surface area (Å²) < 4.78 is 11.2. The molecule has 3 rings (SSSR count). The third-order valence-electron chi connectivity index (χ3n) is 4.31. The fraction of sp³-hybridized carbons (Fsp3) is 0.421. The molecule has 0 radical (unpaired) electrons. The van der Waals surface area contributed by atoms with Gasteiger partial charge in [0.05, 0.1) is 18.9 Å². The molecule has 1 aromatic carbocycles. The zero-order chi connectivity index (χ0) is 16.9. The summed E-state index contributed by atoms with van der Waals surface area (Å²) in [6.45, 7) is 3.54. The lowest BCUT2D eigenvalue weighted by Gasteiger charge is -2.33. The molecular weight excluding hydrogens is 304 g/mol. The summed E-state index contributed by atoms with van der Waals surface area (Å²) in [5, 5.41) is 9.68. The number of aliphatic hydroxyl groups is 1. The van der Waals surface area contributed by atoms with E-state index in [1.54, 1.807) is 14.0 Å². The topological polar surface area (TPSA) is 54.8 Å². The molecule has 128 valence electrons. The van der Waals surface area contributed by atoms with E-state index in [1.807, 2.05) is 42.5 Å². The molecule has 24 heavy (non-hydrogen) atoms. The van der Waals surface area contributed by atoms with Gasteiger partial charge in [0.1, 0.15) is 23.4 Å². The van der Waals surface area contributed by atoms with Gasteiger partial charge in [-0.15, -0.1) is 0 Å². The number of hydrogen-bond acceptors (Lipinski definition) is 5. The number of piperidine rings is 1. The number of benzene rings is 1. The maximum Gasteiger partial charge on any atom is 0.128 e. The molecule has 0 amide bonds. The van der Waals surface area contributed by atoms with Crippen LogP contribution in [-0.4, -0.2) is 36.4 Å². The molecule has 1 aliphatic heterocycles. The van der Waals surface area contributed by atoms with Gasteiger partial charge in [0, 0.05) is 25.9 Å². The molecule has 0 aliphatic carbocycles. The molecule has 1 unspecified atom stereocenters. The van der Waals surface area contributed by atoms with Gasteiger partial charge in [-0.05, 0) is 43.3 Å². The lowest BCUT2D eigenvalue weighted by molar-refractivity contribution is 0.170. The van der Waals surface area contributed by atoms with Crippen LogP contribution in [0.4, 0.5) is 5.82 Å². The smallest absolute Gasteiger partial charge is 0.128 e. The van der Waals surface area contributed by atoms with Crippen LogP contribution in [0.25, 0.3) is 0 Å². The lowest BCUT2D eigenvalue weighted by Crippen LogP contribution is -2.38. The quantitative estimate of drug-likeness (QED) is 0.913. The molecule has 0 spiro atoms. The van der Waals surface area contributed by atoms with Crippen LogP contribution in [0, 0.1) is 0 Å². The summed E-state index contributed by atoms with van der Waals surface area (Å²) in [4.78, 5) is 6.80. The molecule has 0 saturated carbocycles. The second-order valence-electron chi connectivity index (χ2n) is 6.08. The molecule has 1 atom stereocenters. The monoisotopic (exact) mass is 328 g/mol. The predicted molar refractivity (Wildman–Crippen MR) is 93.7 cm³/mol. The fourth-order valence-electron chi connectivity index (χ4n) is 2.90. The fourth-order valence-corrected chi connectivity index (χ4v) is 2.90. The van der Waals surface area contributed by atoms with Crippen molar-refractivity contribution in [3.63, 3.8) is 0 Å². The van der Waals surface area contributed by atoms with Gasteiger partial charge in [-0.3, -0.25) is 0 Å². The van der Waals surface area contributed by atoms with E-state index in [9.17, 15) is 5.11 Å². The minimum atomic E-state index is -0.541. The predicted octanol–water partition coefficient (Wildman–Crippen LogP) is 3.19.